The molecule has 0 aromatic heterocycles. The van der Waals surface area contributed by atoms with Gasteiger partial charge in [-0.15, -0.1) is 0 Å². The number of rotatable bonds is 6. The van der Waals surface area contributed by atoms with Crippen LogP contribution in [0, 0.1) is 0 Å². The summed E-state index contributed by atoms with van der Waals surface area (Å²) in [5, 5.41) is 0. The fourth-order valence-corrected chi connectivity index (χ4v) is 1.84. The minimum Gasteiger partial charge on any atom is -0.428 e. The van der Waals surface area contributed by atoms with Crippen LogP contribution < -0.4 is 4.52 Å². The van der Waals surface area contributed by atoms with E-state index in [0.29, 0.717) is 5.56 Å². The van der Waals surface area contributed by atoms with Crippen LogP contribution in [0.3, 0.4) is 0 Å². The summed E-state index contributed by atoms with van der Waals surface area (Å²) in [5.41, 5.74) is -0.187. The first-order chi connectivity index (χ1) is 10.9. The van der Waals surface area contributed by atoms with E-state index in [1.807, 2.05) is 0 Å². The Kier molecular flexibility index (Phi) is 6.77. The molecule has 134 valence electrons. The molecule has 0 aliphatic rings. The Morgan fingerprint density at radius 1 is 1.08 bits per heavy atom. The van der Waals surface area contributed by atoms with Crippen molar-refractivity contribution >= 4 is 19.9 Å². The predicted molar refractivity (Wildman–Crippen MR) is 81.1 cm³/mol. The lowest BCUT2D eigenvalue weighted by molar-refractivity contribution is -0.153. The summed E-state index contributed by atoms with van der Waals surface area (Å²) in [6, 6.07) is 5.50. The predicted octanol–water partition coefficient (Wildman–Crippen LogP) is 2.15. The van der Waals surface area contributed by atoms with Crippen LogP contribution in [-0.2, 0) is 30.0 Å². The van der Waals surface area contributed by atoms with E-state index in [0.717, 1.165) is 0 Å². The molecule has 0 amide bonds. The second-order valence-electron chi connectivity index (χ2n) is 5.65. The Balaban J connectivity index is 2.37. The van der Waals surface area contributed by atoms with E-state index in [9.17, 15) is 14.2 Å². The van der Waals surface area contributed by atoms with Gasteiger partial charge in [-0.2, -0.15) is 0 Å². The van der Waals surface area contributed by atoms with Crippen LogP contribution in [0.5, 0.6) is 5.75 Å². The number of hydrogen-bond donors (Lipinski definition) is 2. The van der Waals surface area contributed by atoms with Crippen LogP contribution in [0.15, 0.2) is 24.3 Å². The number of phosphoric acid groups is 1. The summed E-state index contributed by atoms with van der Waals surface area (Å²) in [6.07, 6.45) is -1.07. The van der Waals surface area contributed by atoms with E-state index in [4.69, 9.17) is 19.3 Å². The van der Waals surface area contributed by atoms with Gasteiger partial charge < -0.3 is 18.7 Å². The molecule has 0 bridgehead atoms. The third-order valence-electron chi connectivity index (χ3n) is 2.28. The van der Waals surface area contributed by atoms with Crippen LogP contribution in [0.25, 0.3) is 0 Å². The fraction of sp³-hybridized carbons (Fsp3) is 0.429. The first-order valence-corrected chi connectivity index (χ1v) is 8.33. The lowest BCUT2D eigenvalue weighted by Gasteiger charge is -2.18. The molecule has 0 unspecified atom stereocenters. The lowest BCUT2D eigenvalue weighted by atomic mass is 10.1. The third-order valence-corrected chi connectivity index (χ3v) is 2.73. The van der Waals surface area contributed by atoms with Crippen LogP contribution in [0.2, 0.25) is 0 Å². The Morgan fingerprint density at radius 2 is 1.67 bits per heavy atom. The Labute approximate surface area is 138 Å². The second kappa shape index (κ2) is 8.14. The van der Waals surface area contributed by atoms with Gasteiger partial charge in [-0.3, -0.25) is 14.6 Å². The van der Waals surface area contributed by atoms with Crippen molar-refractivity contribution in [3.8, 4) is 5.75 Å². The fourth-order valence-electron chi connectivity index (χ4n) is 1.45. The van der Waals surface area contributed by atoms with Gasteiger partial charge in [0, 0.05) is 0 Å². The van der Waals surface area contributed by atoms with Crippen molar-refractivity contribution in [2.45, 2.75) is 32.8 Å². The summed E-state index contributed by atoms with van der Waals surface area (Å²) >= 11 is 0. The quantitative estimate of drug-likeness (QED) is 0.444. The third kappa shape index (κ3) is 9.14. The summed E-state index contributed by atoms with van der Waals surface area (Å²) in [6.45, 7) is 4.42. The maximum Gasteiger partial charge on any atom is 0.524 e. The molecular formula is C14H19O9P. The molecule has 1 rings (SSSR count). The van der Waals surface area contributed by atoms with E-state index in [-0.39, 0.29) is 12.2 Å². The SMILES string of the molecule is CC(C)(C)OC(=O)OCOC(=O)Cc1ccc(OP(=O)(O)O)cc1. The van der Waals surface area contributed by atoms with E-state index in [2.05, 4.69) is 9.26 Å². The molecule has 24 heavy (non-hydrogen) atoms. The first-order valence-electron chi connectivity index (χ1n) is 6.80. The Hall–Kier alpha value is -2.09. The summed E-state index contributed by atoms with van der Waals surface area (Å²) in [4.78, 5) is 40.1. The standard InChI is InChI=1S/C14H19O9P/c1-14(2,3)22-13(16)21-9-20-12(15)8-10-4-6-11(7-5-10)23-24(17,18)19/h4-7H,8-9H2,1-3H3,(H2,17,18,19). The monoisotopic (exact) mass is 362 g/mol. The highest BCUT2D eigenvalue weighted by molar-refractivity contribution is 7.46. The van der Waals surface area contributed by atoms with Gasteiger partial charge in [0.2, 0.25) is 6.79 Å². The van der Waals surface area contributed by atoms with Gasteiger partial charge in [0.05, 0.1) is 6.42 Å². The smallest absolute Gasteiger partial charge is 0.428 e. The highest BCUT2D eigenvalue weighted by atomic mass is 31.2. The zero-order valence-electron chi connectivity index (χ0n) is 13.4. The molecule has 9 nitrogen and oxygen atoms in total. The molecule has 0 radical (unpaired) electrons. The summed E-state index contributed by atoms with van der Waals surface area (Å²) in [5.74, 6) is -0.684. The van der Waals surface area contributed by atoms with Crippen LogP contribution in [-0.4, -0.2) is 34.3 Å². The molecule has 10 heteroatoms. The van der Waals surface area contributed by atoms with Crippen molar-refractivity contribution < 1.29 is 42.7 Å². The summed E-state index contributed by atoms with van der Waals surface area (Å²) < 4.78 is 29.2. The highest BCUT2D eigenvalue weighted by Gasteiger charge is 2.18. The number of ether oxygens (including phenoxy) is 3. The molecule has 2 N–H and O–H groups in total. The zero-order chi connectivity index (χ0) is 18.4. The largest absolute Gasteiger partial charge is 0.524 e. The van der Waals surface area contributed by atoms with Gasteiger partial charge in [0.1, 0.15) is 11.4 Å². The number of phosphoric ester groups is 1. The van der Waals surface area contributed by atoms with Gasteiger partial charge in [0.25, 0.3) is 0 Å². The maximum absolute atomic E-state index is 11.6. The topological polar surface area (TPSA) is 129 Å². The van der Waals surface area contributed by atoms with Crippen molar-refractivity contribution in [2.24, 2.45) is 0 Å². The molecule has 0 spiro atoms. The van der Waals surface area contributed by atoms with Gasteiger partial charge in [0.15, 0.2) is 0 Å². The number of esters is 1. The molecule has 0 aliphatic carbocycles. The van der Waals surface area contributed by atoms with E-state index in [1.165, 1.54) is 24.3 Å². The van der Waals surface area contributed by atoms with Gasteiger partial charge in [-0.05, 0) is 38.5 Å². The van der Waals surface area contributed by atoms with Crippen molar-refractivity contribution in [1.82, 2.24) is 0 Å². The highest BCUT2D eigenvalue weighted by Crippen LogP contribution is 2.37. The molecule has 0 atom stereocenters. The van der Waals surface area contributed by atoms with Crippen LogP contribution in [0.4, 0.5) is 4.79 Å². The molecule has 0 saturated carbocycles. The lowest BCUT2D eigenvalue weighted by Crippen LogP contribution is -2.25. The average Bonchev–Trinajstić information content (AvgIpc) is 2.37. The molecule has 0 heterocycles. The van der Waals surface area contributed by atoms with Crippen LogP contribution >= 0.6 is 7.82 Å². The van der Waals surface area contributed by atoms with E-state index >= 15 is 0 Å². The van der Waals surface area contributed by atoms with Crippen molar-refractivity contribution in [3.63, 3.8) is 0 Å². The zero-order valence-corrected chi connectivity index (χ0v) is 14.3. The van der Waals surface area contributed by atoms with E-state index in [1.54, 1.807) is 20.8 Å². The van der Waals surface area contributed by atoms with Gasteiger partial charge >= 0.3 is 19.9 Å². The van der Waals surface area contributed by atoms with Gasteiger partial charge in [-0.1, -0.05) is 12.1 Å². The maximum atomic E-state index is 11.6. The molecule has 0 saturated heterocycles. The van der Waals surface area contributed by atoms with Crippen molar-refractivity contribution in [1.29, 1.82) is 0 Å². The Bertz CT molecular complexity index is 612. The second-order valence-corrected chi connectivity index (χ2v) is 6.81. The average molecular weight is 362 g/mol. The molecule has 1 aromatic rings. The molecule has 0 aliphatic heterocycles. The minimum absolute atomic E-state index is 0.0336. The number of carbonyl (C=O) groups excluding carboxylic acids is 2. The van der Waals surface area contributed by atoms with Gasteiger partial charge in [-0.25, -0.2) is 9.36 Å². The van der Waals surface area contributed by atoms with Crippen molar-refractivity contribution in [3.05, 3.63) is 29.8 Å². The number of hydrogen-bond acceptors (Lipinski definition) is 7. The molecule has 1 aromatic carbocycles. The first kappa shape index (κ1) is 20.0. The molecular weight excluding hydrogens is 343 g/mol. The molecule has 0 fully saturated rings. The van der Waals surface area contributed by atoms with E-state index < -0.39 is 32.3 Å². The van der Waals surface area contributed by atoms with Crippen molar-refractivity contribution in [2.75, 3.05) is 6.79 Å². The Morgan fingerprint density at radius 3 is 2.17 bits per heavy atom. The minimum atomic E-state index is -4.62. The normalized spacial score (nSPS) is 11.5. The van der Waals surface area contributed by atoms with Crippen LogP contribution in [0.1, 0.15) is 26.3 Å². The summed E-state index contributed by atoms with van der Waals surface area (Å²) in [7, 11) is -4.62. The number of carbonyl (C=O) groups is 2. The number of benzene rings is 1.